The maximum absolute atomic E-state index is 14.5. The first-order valence-corrected chi connectivity index (χ1v) is 15.4. The normalized spacial score (nSPS) is 17.7. The molecule has 2 aliphatic heterocycles. The minimum Gasteiger partial charge on any atom is -0.368 e. The van der Waals surface area contributed by atoms with Crippen LogP contribution in [0.3, 0.4) is 0 Å². The third kappa shape index (κ3) is 6.50. The molecular formula is C34H39ClN6O2. The second-order valence-electron chi connectivity index (χ2n) is 11.9. The number of anilines is 2. The van der Waals surface area contributed by atoms with Crippen molar-refractivity contribution in [1.82, 2.24) is 20.1 Å². The SMILES string of the molecule is CN(C)C[C@H]1Cc2cc(Cl)ccc2N(C(=O)[C@@H](Cc2c[nH]c3ccccc23)NC(=O)N2CCN(c3ccccc3)CC2)C1. The van der Waals surface area contributed by atoms with E-state index in [2.05, 4.69) is 52.4 Å². The van der Waals surface area contributed by atoms with E-state index >= 15 is 0 Å². The van der Waals surface area contributed by atoms with Crippen LogP contribution in [0.15, 0.2) is 79.0 Å². The van der Waals surface area contributed by atoms with E-state index in [1.54, 1.807) is 0 Å². The van der Waals surface area contributed by atoms with Gasteiger partial charge in [0.15, 0.2) is 0 Å². The molecule has 43 heavy (non-hydrogen) atoms. The first-order valence-electron chi connectivity index (χ1n) is 15.0. The zero-order valence-corrected chi connectivity index (χ0v) is 25.6. The van der Waals surface area contributed by atoms with Crippen molar-refractivity contribution in [3.8, 4) is 0 Å². The highest BCUT2D eigenvalue weighted by Gasteiger charge is 2.35. The largest absolute Gasteiger partial charge is 0.368 e. The number of nitrogens with one attached hydrogen (secondary N) is 2. The summed E-state index contributed by atoms with van der Waals surface area (Å²) in [6, 6.07) is 23.1. The molecule has 2 aliphatic rings. The number of nitrogens with zero attached hydrogens (tertiary/aromatic N) is 4. The van der Waals surface area contributed by atoms with Crippen LogP contribution in [0.5, 0.6) is 0 Å². The van der Waals surface area contributed by atoms with Crippen molar-refractivity contribution in [2.24, 2.45) is 5.92 Å². The average molecular weight is 599 g/mol. The number of carbonyl (C=O) groups excluding carboxylic acids is 2. The highest BCUT2D eigenvalue weighted by atomic mass is 35.5. The molecule has 1 aromatic heterocycles. The Morgan fingerprint density at radius 2 is 1.74 bits per heavy atom. The quantitative estimate of drug-likeness (QED) is 0.313. The average Bonchev–Trinajstić information content (AvgIpc) is 3.42. The van der Waals surface area contributed by atoms with E-state index in [4.69, 9.17) is 11.6 Å². The fraction of sp³-hybridized carbons (Fsp3) is 0.353. The molecule has 224 valence electrons. The van der Waals surface area contributed by atoms with E-state index in [-0.39, 0.29) is 17.9 Å². The van der Waals surface area contributed by atoms with Crippen LogP contribution in [0.4, 0.5) is 16.2 Å². The molecule has 0 aliphatic carbocycles. The minimum absolute atomic E-state index is 0.103. The number of amides is 3. The third-order valence-corrected chi connectivity index (χ3v) is 8.79. The lowest BCUT2D eigenvalue weighted by atomic mass is 9.91. The van der Waals surface area contributed by atoms with Crippen molar-refractivity contribution in [3.05, 3.63) is 95.1 Å². The minimum atomic E-state index is -0.736. The Hall–Kier alpha value is -4.01. The Labute approximate surface area is 258 Å². The summed E-state index contributed by atoms with van der Waals surface area (Å²) in [5, 5.41) is 4.89. The molecular weight excluding hydrogens is 560 g/mol. The fourth-order valence-electron chi connectivity index (χ4n) is 6.52. The number of hydrogen-bond acceptors (Lipinski definition) is 4. The monoisotopic (exact) mass is 598 g/mol. The van der Waals surface area contributed by atoms with Crippen molar-refractivity contribution < 1.29 is 9.59 Å². The number of carbonyl (C=O) groups is 2. The molecule has 0 bridgehead atoms. The van der Waals surface area contributed by atoms with Gasteiger partial charge in [-0.1, -0.05) is 48.0 Å². The second-order valence-corrected chi connectivity index (χ2v) is 12.4. The molecule has 8 nitrogen and oxygen atoms in total. The number of halogens is 1. The van der Waals surface area contributed by atoms with Crippen molar-refractivity contribution in [3.63, 3.8) is 0 Å². The van der Waals surface area contributed by atoms with Gasteiger partial charge in [0.05, 0.1) is 0 Å². The Morgan fingerprint density at radius 1 is 1.00 bits per heavy atom. The zero-order chi connectivity index (χ0) is 29.9. The lowest BCUT2D eigenvalue weighted by molar-refractivity contribution is -0.120. The van der Waals surface area contributed by atoms with Gasteiger partial charge in [0.25, 0.3) is 0 Å². The Bertz CT molecular complexity index is 1580. The van der Waals surface area contributed by atoms with Crippen molar-refractivity contribution in [2.45, 2.75) is 18.9 Å². The summed E-state index contributed by atoms with van der Waals surface area (Å²) in [6.07, 6.45) is 3.19. The zero-order valence-electron chi connectivity index (χ0n) is 24.8. The van der Waals surface area contributed by atoms with Gasteiger partial charge in [-0.25, -0.2) is 4.79 Å². The van der Waals surface area contributed by atoms with Crippen LogP contribution in [0.25, 0.3) is 10.9 Å². The molecule has 2 atom stereocenters. The summed E-state index contributed by atoms with van der Waals surface area (Å²) in [6.45, 7) is 4.09. The van der Waals surface area contributed by atoms with Gasteiger partial charge in [-0.05, 0) is 74.0 Å². The molecule has 2 N–H and O–H groups in total. The van der Waals surface area contributed by atoms with Gasteiger partial charge >= 0.3 is 6.03 Å². The maximum atomic E-state index is 14.5. The number of H-pyrrole nitrogens is 1. The number of aromatic nitrogens is 1. The fourth-order valence-corrected chi connectivity index (χ4v) is 6.71. The van der Waals surface area contributed by atoms with Crippen LogP contribution >= 0.6 is 11.6 Å². The van der Waals surface area contributed by atoms with Gasteiger partial charge in [0, 0.05) is 79.2 Å². The molecule has 4 aromatic rings. The van der Waals surface area contributed by atoms with Crippen LogP contribution in [0.2, 0.25) is 5.02 Å². The molecule has 3 aromatic carbocycles. The van der Waals surface area contributed by atoms with Crippen molar-refractivity contribution in [1.29, 1.82) is 0 Å². The molecule has 1 saturated heterocycles. The number of rotatable bonds is 7. The highest BCUT2D eigenvalue weighted by molar-refractivity contribution is 6.30. The van der Waals surface area contributed by atoms with Crippen molar-refractivity contribution in [2.75, 3.05) is 63.2 Å². The summed E-state index contributed by atoms with van der Waals surface area (Å²) in [5.74, 6) is 0.147. The van der Waals surface area contributed by atoms with Gasteiger partial charge in [-0.2, -0.15) is 0 Å². The molecule has 6 rings (SSSR count). The van der Waals surface area contributed by atoms with E-state index in [9.17, 15) is 9.59 Å². The number of urea groups is 1. The lowest BCUT2D eigenvalue weighted by Crippen LogP contribution is -2.58. The number of fused-ring (bicyclic) bond motifs is 2. The summed E-state index contributed by atoms with van der Waals surface area (Å²) >= 11 is 6.39. The van der Waals surface area contributed by atoms with Crippen molar-refractivity contribution >= 4 is 45.8 Å². The van der Waals surface area contributed by atoms with Crippen LogP contribution < -0.4 is 15.1 Å². The summed E-state index contributed by atoms with van der Waals surface area (Å²) in [7, 11) is 4.11. The summed E-state index contributed by atoms with van der Waals surface area (Å²) < 4.78 is 0. The summed E-state index contributed by atoms with van der Waals surface area (Å²) in [4.78, 5) is 39.7. The van der Waals surface area contributed by atoms with Gasteiger partial charge < -0.3 is 29.9 Å². The van der Waals surface area contributed by atoms with Gasteiger partial charge in [0.1, 0.15) is 6.04 Å². The lowest BCUT2D eigenvalue weighted by Gasteiger charge is -2.39. The van der Waals surface area contributed by atoms with E-state index in [1.165, 1.54) is 0 Å². The molecule has 0 radical (unpaired) electrons. The molecule has 0 saturated carbocycles. The molecule has 3 heterocycles. The Kier molecular flexibility index (Phi) is 8.58. The summed E-state index contributed by atoms with van der Waals surface area (Å²) in [5.41, 5.74) is 5.11. The smallest absolute Gasteiger partial charge is 0.318 e. The van der Waals surface area contributed by atoms with E-state index < -0.39 is 6.04 Å². The van der Waals surface area contributed by atoms with E-state index in [1.807, 2.05) is 70.6 Å². The van der Waals surface area contributed by atoms with Crippen LogP contribution in [-0.2, 0) is 17.6 Å². The number of benzene rings is 3. The van der Waals surface area contributed by atoms with Crippen LogP contribution in [0, 0.1) is 5.92 Å². The third-order valence-electron chi connectivity index (χ3n) is 8.55. The maximum Gasteiger partial charge on any atom is 0.318 e. The topological polar surface area (TPSA) is 74.9 Å². The number of para-hydroxylation sites is 2. The van der Waals surface area contributed by atoms with E-state index in [0.717, 1.165) is 59.5 Å². The molecule has 3 amide bonds. The molecule has 9 heteroatoms. The van der Waals surface area contributed by atoms with Crippen LogP contribution in [0.1, 0.15) is 11.1 Å². The molecule has 0 spiro atoms. The number of piperazine rings is 1. The van der Waals surface area contributed by atoms with Gasteiger partial charge in [-0.15, -0.1) is 0 Å². The highest BCUT2D eigenvalue weighted by Crippen LogP contribution is 2.33. The standard InChI is InChI=1S/C34H39ClN6O2/c1-38(2)22-24-18-25-19-27(35)12-13-32(25)41(23-24)33(42)31(20-26-21-36-30-11-7-6-10-29(26)30)37-34(43)40-16-14-39(15-17-40)28-8-4-3-5-9-28/h3-13,19,21,24,31,36H,14-18,20,22-23H2,1-2H3,(H,37,43)/t24-,31-/m1/s1. The molecule has 0 unspecified atom stereocenters. The first-order chi connectivity index (χ1) is 20.9. The first kappa shape index (κ1) is 29.1. The molecule has 1 fully saturated rings. The number of hydrogen-bond donors (Lipinski definition) is 2. The van der Waals surface area contributed by atoms with Gasteiger partial charge in [-0.3, -0.25) is 4.79 Å². The predicted octanol–water partition coefficient (Wildman–Crippen LogP) is 5.03. The Balaban J connectivity index is 1.25. The van der Waals surface area contributed by atoms with E-state index in [0.29, 0.717) is 31.1 Å². The number of aromatic amines is 1. The van der Waals surface area contributed by atoms with Crippen LogP contribution in [-0.4, -0.2) is 86.1 Å². The predicted molar refractivity (Wildman–Crippen MR) is 174 cm³/mol. The second kappa shape index (κ2) is 12.7. The Morgan fingerprint density at radius 3 is 2.51 bits per heavy atom. The van der Waals surface area contributed by atoms with Gasteiger partial charge in [0.2, 0.25) is 5.91 Å².